The van der Waals surface area contributed by atoms with Crippen LogP contribution in [0.2, 0.25) is 0 Å². The first kappa shape index (κ1) is 102. The molecule has 1 unspecified atom stereocenters. The zero-order valence-corrected chi connectivity index (χ0v) is 82.5. The number of ether oxygens (including phenoxy) is 2. The Labute approximate surface area is 778 Å². The fourth-order valence-electron chi connectivity index (χ4n) is 15.0. The van der Waals surface area contributed by atoms with E-state index in [1.54, 1.807) is 34.1 Å². The van der Waals surface area contributed by atoms with Crippen LogP contribution in [-0.4, -0.2) is 82.0 Å². The highest BCUT2D eigenvalue weighted by Gasteiger charge is 2.32. The van der Waals surface area contributed by atoms with Gasteiger partial charge >= 0.3 is 6.09 Å². The number of hydrogen-bond donors (Lipinski definition) is 2. The first-order chi connectivity index (χ1) is 59.7. The molecule has 2 N–H and O–H groups in total. The van der Waals surface area contributed by atoms with Crippen molar-refractivity contribution < 1.29 is 43.4 Å². The number of nitrogens with one attached hydrogen (secondary N) is 1. The van der Waals surface area contributed by atoms with Crippen LogP contribution in [0.25, 0.3) is 65.9 Å². The number of benzene rings is 8. The van der Waals surface area contributed by atoms with E-state index in [-0.39, 0.29) is 35.5 Å². The van der Waals surface area contributed by atoms with Crippen molar-refractivity contribution in [3.8, 4) is 21.1 Å². The average molecular weight is 1860 g/mol. The summed E-state index contributed by atoms with van der Waals surface area (Å²) < 4.78 is 15.0. The summed E-state index contributed by atoms with van der Waals surface area (Å²) in [6, 6.07) is 50.6. The molecule has 1 fully saturated rings. The molecule has 1 amide bonds. The third kappa shape index (κ3) is 34.5. The summed E-state index contributed by atoms with van der Waals surface area (Å²) in [6.07, 6.45) is 60.9. The molecule has 17 heteroatoms. The van der Waals surface area contributed by atoms with Gasteiger partial charge in [0, 0.05) is 95.4 Å². The highest BCUT2D eigenvalue weighted by atomic mass is 127. The van der Waals surface area contributed by atoms with Gasteiger partial charge in [-0.15, -0.1) is 22.7 Å². The normalized spacial score (nSPS) is 13.3. The van der Waals surface area contributed by atoms with Gasteiger partial charge < -0.3 is 53.7 Å². The molecule has 0 spiro atoms. The number of aliphatic hydroxyl groups is 1. The van der Waals surface area contributed by atoms with Crippen LogP contribution >= 0.6 is 46.2 Å². The Morgan fingerprint density at radius 1 is 0.500 bits per heavy atom. The van der Waals surface area contributed by atoms with Crippen LogP contribution in [0.1, 0.15) is 289 Å². The van der Waals surface area contributed by atoms with Crippen molar-refractivity contribution in [2.24, 2.45) is 0 Å². The topological polar surface area (TPSA) is 123 Å². The molecular formula is C107H144IN7O5S4. The summed E-state index contributed by atoms with van der Waals surface area (Å²) in [5.41, 5.74) is 14.5. The van der Waals surface area contributed by atoms with Crippen LogP contribution in [0.5, 0.6) is 0 Å². The lowest BCUT2D eigenvalue weighted by Gasteiger charge is -2.33. The summed E-state index contributed by atoms with van der Waals surface area (Å²) in [7, 11) is 12.5. The third-order valence-corrected chi connectivity index (χ3v) is 26.5. The highest BCUT2D eigenvalue weighted by molar-refractivity contribution is 8.00. The van der Waals surface area contributed by atoms with E-state index in [0.29, 0.717) is 0 Å². The lowest BCUT2D eigenvalue weighted by atomic mass is 10.1. The summed E-state index contributed by atoms with van der Waals surface area (Å²) >= 11 is 7.01. The Kier molecular flexibility index (Phi) is 45.9. The number of allylic oxidation sites excluding steroid dienone is 4. The quantitative estimate of drug-likeness (QED) is 0.0166. The van der Waals surface area contributed by atoms with Crippen LogP contribution in [0.3, 0.4) is 0 Å². The monoisotopic (exact) mass is 1860 g/mol. The molecule has 12 nitrogen and oxygen atoms in total. The van der Waals surface area contributed by atoms with Gasteiger partial charge in [0.1, 0.15) is 19.7 Å². The second-order valence-corrected chi connectivity index (χ2v) is 38.8. The van der Waals surface area contributed by atoms with Crippen LogP contribution in [-0.2, 0) is 9.47 Å². The molecule has 6 aromatic carbocycles. The summed E-state index contributed by atoms with van der Waals surface area (Å²) in [5, 5.41) is 13.3. The number of halogens is 1. The predicted molar refractivity (Wildman–Crippen MR) is 538 cm³/mol. The molecule has 0 aromatic heterocycles. The molecule has 13 rings (SSSR count). The molecule has 0 saturated carbocycles. The molecule has 0 radical (unpaired) electrons. The minimum atomic E-state index is -0.551. The number of aliphatic hydroxyl groups excluding tert-OH is 1. The SMILES string of the molecule is CCCCCCCCC/C=C/c1cc2nc3ccc(N(C)C)cc3sc-2cc1=O.CCCCCCCCC/C=C/c1cc2nc3ccc(N(C)C)cc3sc-2cc1=[N+](C)C.CCCCCCCCC/C=C/c1ccc2c(c1)N(C(=O)OC(C)(C)C)c1ccccc1S2.CCCCCCCCC/C=C/c1ccc2c(c1)Nc1ccccc1S2.OC1CCCO1.[I-]. The van der Waals surface area contributed by atoms with Crippen molar-refractivity contribution in [3.05, 3.63) is 208 Å². The van der Waals surface area contributed by atoms with E-state index >= 15 is 0 Å². The molecular weight excluding hydrogens is 1720 g/mol. The number of nitrogens with zero attached hydrogens (tertiary/aromatic N) is 6. The number of amides is 1. The molecule has 5 heterocycles. The number of fused-ring (bicyclic) bond motifs is 8. The van der Waals surface area contributed by atoms with Crippen molar-refractivity contribution in [1.82, 2.24) is 14.5 Å². The third-order valence-electron chi connectivity index (χ3n) is 22.0. The summed E-state index contributed by atoms with van der Waals surface area (Å²) in [6.45, 7) is 15.5. The van der Waals surface area contributed by atoms with Crippen LogP contribution in [0.4, 0.5) is 38.9 Å². The molecule has 1 atom stereocenters. The number of anilines is 6. The second-order valence-electron chi connectivity index (χ2n) is 34.5. The average Bonchev–Trinajstić information content (AvgIpc) is 0.881. The number of para-hydroxylation sites is 2. The van der Waals surface area contributed by atoms with Gasteiger partial charge in [0.2, 0.25) is 5.36 Å². The Bertz CT molecular complexity index is 5050. The van der Waals surface area contributed by atoms with E-state index in [2.05, 4.69) is 233 Å². The smallest absolute Gasteiger partial charge is 0.419 e. The predicted octanol–water partition coefficient (Wildman–Crippen LogP) is 28.2. The first-order valence-electron chi connectivity index (χ1n) is 46.4. The van der Waals surface area contributed by atoms with Gasteiger partial charge in [-0.2, -0.15) is 0 Å². The lowest BCUT2D eigenvalue weighted by molar-refractivity contribution is -0.0589. The Morgan fingerprint density at radius 3 is 1.40 bits per heavy atom. The van der Waals surface area contributed by atoms with Gasteiger partial charge in [0.05, 0.1) is 64.3 Å². The number of carbonyl (C=O) groups is 1. The zero-order chi connectivity index (χ0) is 87.6. The Hall–Kier alpha value is -7.62. The molecule has 6 aromatic rings. The zero-order valence-electron chi connectivity index (χ0n) is 77.1. The van der Waals surface area contributed by atoms with E-state index in [1.165, 1.54) is 239 Å². The minimum absolute atomic E-state index is 0. The van der Waals surface area contributed by atoms with E-state index in [0.717, 1.165) is 109 Å². The number of rotatable bonds is 38. The van der Waals surface area contributed by atoms with Crippen molar-refractivity contribution in [1.29, 1.82) is 0 Å². The molecule has 668 valence electrons. The molecule has 124 heavy (non-hydrogen) atoms. The number of unbranched alkanes of at least 4 members (excludes halogenated alkanes) is 28. The van der Waals surface area contributed by atoms with Crippen molar-refractivity contribution >= 4 is 131 Å². The molecule has 2 aliphatic carbocycles. The highest BCUT2D eigenvalue weighted by Crippen LogP contribution is 2.50. The van der Waals surface area contributed by atoms with E-state index in [1.807, 2.05) is 88.3 Å². The van der Waals surface area contributed by atoms with Crippen LogP contribution in [0, 0.1) is 0 Å². The van der Waals surface area contributed by atoms with E-state index in [9.17, 15) is 9.59 Å². The van der Waals surface area contributed by atoms with Crippen LogP contribution < -0.4 is 59.4 Å². The molecule has 0 bridgehead atoms. The molecule has 1 saturated heterocycles. The maximum atomic E-state index is 13.2. The van der Waals surface area contributed by atoms with Gasteiger partial charge in [0.25, 0.3) is 0 Å². The maximum absolute atomic E-state index is 13.2. The summed E-state index contributed by atoms with van der Waals surface area (Å²) in [4.78, 5) is 48.3. The van der Waals surface area contributed by atoms with Crippen LogP contribution in [0.15, 0.2) is 194 Å². The second kappa shape index (κ2) is 55.9. The van der Waals surface area contributed by atoms with Gasteiger partial charge in [0.15, 0.2) is 11.7 Å². The van der Waals surface area contributed by atoms with Crippen molar-refractivity contribution in [2.75, 3.05) is 68.9 Å². The summed E-state index contributed by atoms with van der Waals surface area (Å²) in [5.74, 6) is 0. The standard InChI is InChI=1S/C28H37NO2S.C27H38N3S.C25H32N2OS.C23H29NS.C4H8O2.HI/c1-5-6-7-8-9-10-11-12-13-16-22-19-20-26-24(21-22)29(27(30)31-28(2,3)4)23-17-14-15-18-25(23)32-26;1-6-7-8-9-10-11-12-13-14-15-21-18-24-27(20-25(21)30(4)5)31-26-19-22(29(2)3)16-17-23(26)28-24;1-4-5-6-7-8-9-10-11-12-13-19-16-22-25(18-23(19)28)29-24-17-20(27(2)3)14-15-21(24)26-22;1-2-3-4-5-6-7-8-9-10-13-19-16-17-23-21(18-19)24-20-14-11-12-15-22(20)25-23;5-4-2-1-3-6-4;/h13-21H,5-12H2,1-4H3;14-20H,6-13H2,1-5H3;12-18H,4-11H2,1-3H3;10-18,24H,2-9H2,1H3;4-5H,1-3H2;1H/q;+1;;;;/p-1/b16-13+;15-14+;13-12+;13-10+;;. The molecule has 7 aliphatic rings. The Balaban J connectivity index is 0.000000200. The fourth-order valence-corrected chi connectivity index (χ4v) is 19.0. The van der Waals surface area contributed by atoms with Gasteiger partial charge in [-0.1, -0.05) is 290 Å². The van der Waals surface area contributed by atoms with E-state index < -0.39 is 11.9 Å². The largest absolute Gasteiger partial charge is 1.00 e. The van der Waals surface area contributed by atoms with Gasteiger partial charge in [-0.05, 0) is 187 Å². The van der Waals surface area contributed by atoms with Gasteiger partial charge in [-0.3, -0.25) is 4.79 Å². The van der Waals surface area contributed by atoms with Crippen molar-refractivity contribution in [3.63, 3.8) is 0 Å². The number of hydrogen-bond acceptors (Lipinski definition) is 14. The maximum Gasteiger partial charge on any atom is 0.419 e. The number of aromatic nitrogens is 2. The minimum Gasteiger partial charge on any atom is -1.00 e. The van der Waals surface area contributed by atoms with Gasteiger partial charge in [-0.25, -0.2) is 24.2 Å². The Morgan fingerprint density at radius 2 is 0.927 bits per heavy atom. The lowest BCUT2D eigenvalue weighted by Crippen LogP contribution is -3.00. The van der Waals surface area contributed by atoms with Crippen molar-refractivity contribution in [2.45, 2.75) is 298 Å². The molecule has 5 aliphatic heterocycles. The fraction of sp³-hybridized carbons (Fsp3) is 0.467. The van der Waals surface area contributed by atoms with E-state index in [4.69, 9.17) is 24.5 Å². The first-order valence-corrected chi connectivity index (χ1v) is 49.7. The number of carbonyl (C=O) groups excluding carboxylic acids is 1.